The number of rotatable bonds is 4. The number of alkyl halides is 2. The monoisotopic (exact) mass is 287 g/mol. The number of Topliss-reactive ketones (excluding diaryl/α,β-unsaturated/α-hetero) is 1. The highest BCUT2D eigenvalue weighted by atomic mass is 19.3. The van der Waals surface area contributed by atoms with Crippen LogP contribution >= 0.6 is 0 Å². The van der Waals surface area contributed by atoms with Crippen molar-refractivity contribution in [2.45, 2.75) is 45.1 Å². The molecular weight excluding hydrogens is 272 g/mol. The molecule has 0 aromatic carbocycles. The number of hydrogen-bond donors (Lipinski definition) is 0. The highest BCUT2D eigenvalue weighted by Crippen LogP contribution is 2.35. The smallest absolute Gasteiger partial charge is 0.300 e. The van der Waals surface area contributed by atoms with Crippen LogP contribution in [0.2, 0.25) is 0 Å². The van der Waals surface area contributed by atoms with Gasteiger partial charge >= 0.3 is 5.69 Å². The van der Waals surface area contributed by atoms with Crippen molar-refractivity contribution in [1.29, 1.82) is 0 Å². The summed E-state index contributed by atoms with van der Waals surface area (Å²) in [6.45, 7) is 1.54. The Morgan fingerprint density at radius 1 is 1.45 bits per heavy atom. The Bertz CT molecular complexity index is 522. The second-order valence-corrected chi connectivity index (χ2v) is 5.05. The number of carbonyl (C=O) groups excluding carboxylic acids is 1. The normalized spacial score (nSPS) is 23.0. The van der Waals surface area contributed by atoms with Gasteiger partial charge in [-0.25, -0.2) is 8.78 Å². The van der Waals surface area contributed by atoms with E-state index in [4.69, 9.17) is 0 Å². The predicted octanol–water partition coefficient (Wildman–Crippen LogP) is 3.05. The molecule has 1 aliphatic rings. The van der Waals surface area contributed by atoms with Crippen LogP contribution in [0.5, 0.6) is 0 Å². The largest absolute Gasteiger partial charge is 0.316 e. The second kappa shape index (κ2) is 5.64. The van der Waals surface area contributed by atoms with Crippen LogP contribution in [0.15, 0.2) is 6.20 Å². The minimum absolute atomic E-state index is 0.00590. The first-order valence-corrected chi connectivity index (χ1v) is 6.42. The van der Waals surface area contributed by atoms with Crippen molar-refractivity contribution in [3.8, 4) is 0 Å². The van der Waals surface area contributed by atoms with Gasteiger partial charge in [0, 0.05) is 5.92 Å². The molecule has 1 fully saturated rings. The van der Waals surface area contributed by atoms with Crippen molar-refractivity contribution in [2.24, 2.45) is 5.92 Å². The minimum atomic E-state index is -2.97. The van der Waals surface area contributed by atoms with E-state index < -0.39 is 22.7 Å². The van der Waals surface area contributed by atoms with E-state index in [1.807, 2.05) is 0 Å². The van der Waals surface area contributed by atoms with Crippen molar-refractivity contribution in [2.75, 3.05) is 0 Å². The Labute approximate surface area is 113 Å². The summed E-state index contributed by atoms with van der Waals surface area (Å²) in [4.78, 5) is 21.2. The summed E-state index contributed by atoms with van der Waals surface area (Å²) in [6.07, 6.45) is 0.665. The van der Waals surface area contributed by atoms with E-state index in [0.29, 0.717) is 25.7 Å². The summed E-state index contributed by atoms with van der Waals surface area (Å²) in [5.74, 6) is 0.134. The Kier molecular flexibility index (Phi) is 4.10. The van der Waals surface area contributed by atoms with E-state index in [-0.39, 0.29) is 17.7 Å². The van der Waals surface area contributed by atoms with Gasteiger partial charge in [-0.3, -0.25) is 19.6 Å². The maximum Gasteiger partial charge on any atom is 0.316 e. The molecule has 0 radical (unpaired) electrons. The summed E-state index contributed by atoms with van der Waals surface area (Å²) in [7, 11) is 0. The van der Waals surface area contributed by atoms with E-state index in [0.717, 1.165) is 6.20 Å². The van der Waals surface area contributed by atoms with Crippen LogP contribution in [0.1, 0.15) is 50.8 Å². The number of nitro groups is 1. The van der Waals surface area contributed by atoms with Crippen LogP contribution in [0.4, 0.5) is 14.5 Å². The van der Waals surface area contributed by atoms with Crippen molar-refractivity contribution in [3.05, 3.63) is 22.0 Å². The van der Waals surface area contributed by atoms with Gasteiger partial charge in [0.15, 0.2) is 0 Å². The molecule has 0 bridgehead atoms. The molecule has 0 N–H and O–H groups in total. The molecule has 1 heterocycles. The standard InChI is InChI=1S/C12H15F2N3O3/c1-7(18)8-2-4-9(5-3-8)16-6-10(17(19)20)11(15-16)12(13)14/h6,8-9,12H,2-5H2,1H3/t8-,9+. The molecule has 0 unspecified atom stereocenters. The molecule has 6 nitrogen and oxygen atoms in total. The Morgan fingerprint density at radius 2 is 2.05 bits per heavy atom. The molecule has 1 aromatic heterocycles. The summed E-state index contributed by atoms with van der Waals surface area (Å²) in [5, 5.41) is 14.4. The molecule has 0 amide bonds. The zero-order chi connectivity index (χ0) is 14.9. The fraction of sp³-hybridized carbons (Fsp3) is 0.667. The van der Waals surface area contributed by atoms with E-state index in [2.05, 4.69) is 5.10 Å². The predicted molar refractivity (Wildman–Crippen MR) is 65.5 cm³/mol. The van der Waals surface area contributed by atoms with Crippen LogP contribution in [0, 0.1) is 16.0 Å². The van der Waals surface area contributed by atoms with Crippen LogP contribution in [-0.2, 0) is 4.79 Å². The van der Waals surface area contributed by atoms with Gasteiger partial charge in [-0.2, -0.15) is 5.10 Å². The van der Waals surface area contributed by atoms with E-state index in [1.54, 1.807) is 6.92 Å². The van der Waals surface area contributed by atoms with Crippen LogP contribution in [-0.4, -0.2) is 20.5 Å². The third-order valence-electron chi connectivity index (χ3n) is 3.79. The quantitative estimate of drug-likeness (QED) is 0.629. The fourth-order valence-corrected chi connectivity index (χ4v) is 2.63. The maximum atomic E-state index is 12.7. The molecule has 0 spiro atoms. The number of hydrogen-bond acceptors (Lipinski definition) is 4. The molecule has 0 aliphatic heterocycles. The maximum absolute atomic E-state index is 12.7. The van der Waals surface area contributed by atoms with Gasteiger partial charge in [-0.15, -0.1) is 0 Å². The van der Waals surface area contributed by atoms with Crippen molar-refractivity contribution in [3.63, 3.8) is 0 Å². The zero-order valence-electron chi connectivity index (χ0n) is 11.0. The van der Waals surface area contributed by atoms with Crippen molar-refractivity contribution < 1.29 is 18.5 Å². The lowest BCUT2D eigenvalue weighted by Gasteiger charge is -2.26. The first-order chi connectivity index (χ1) is 9.40. The van der Waals surface area contributed by atoms with E-state index >= 15 is 0 Å². The van der Waals surface area contributed by atoms with Crippen molar-refractivity contribution in [1.82, 2.24) is 9.78 Å². The van der Waals surface area contributed by atoms with Gasteiger partial charge in [-0.05, 0) is 32.6 Å². The van der Waals surface area contributed by atoms with Gasteiger partial charge < -0.3 is 0 Å². The molecule has 110 valence electrons. The van der Waals surface area contributed by atoms with Gasteiger partial charge in [-0.1, -0.05) is 0 Å². The Balaban J connectivity index is 2.16. The molecule has 0 atom stereocenters. The SMILES string of the molecule is CC(=O)[C@H]1CC[C@@H](n2cc([N+](=O)[O-])c(C(F)F)n2)CC1. The lowest BCUT2D eigenvalue weighted by atomic mass is 9.84. The number of ketones is 1. The Hall–Kier alpha value is -1.86. The molecule has 1 saturated carbocycles. The first-order valence-electron chi connectivity index (χ1n) is 6.42. The minimum Gasteiger partial charge on any atom is -0.300 e. The Morgan fingerprint density at radius 3 is 2.45 bits per heavy atom. The van der Waals surface area contributed by atoms with Gasteiger partial charge in [0.05, 0.1) is 11.0 Å². The van der Waals surface area contributed by atoms with E-state index in [1.165, 1.54) is 4.68 Å². The lowest BCUT2D eigenvalue weighted by molar-refractivity contribution is -0.386. The summed E-state index contributed by atoms with van der Waals surface area (Å²) in [6, 6.07) is -0.156. The number of halogens is 2. The summed E-state index contributed by atoms with van der Waals surface area (Å²) in [5.41, 5.74) is -1.43. The zero-order valence-corrected chi connectivity index (χ0v) is 11.0. The average molecular weight is 287 g/mol. The molecule has 2 rings (SSSR count). The molecule has 1 aromatic rings. The van der Waals surface area contributed by atoms with Crippen LogP contribution < -0.4 is 0 Å². The van der Waals surface area contributed by atoms with Gasteiger partial charge in [0.1, 0.15) is 12.0 Å². The summed E-state index contributed by atoms with van der Waals surface area (Å²) < 4.78 is 26.7. The summed E-state index contributed by atoms with van der Waals surface area (Å²) >= 11 is 0. The van der Waals surface area contributed by atoms with Gasteiger partial charge in [0.25, 0.3) is 6.43 Å². The third kappa shape index (κ3) is 2.83. The average Bonchev–Trinajstić information content (AvgIpc) is 2.84. The fourth-order valence-electron chi connectivity index (χ4n) is 2.63. The molecular formula is C12H15F2N3O3. The number of carbonyl (C=O) groups is 1. The second-order valence-electron chi connectivity index (χ2n) is 5.05. The molecule has 20 heavy (non-hydrogen) atoms. The topological polar surface area (TPSA) is 78.0 Å². The number of aromatic nitrogens is 2. The van der Waals surface area contributed by atoms with Gasteiger partial charge in [0.2, 0.25) is 5.69 Å². The molecule has 0 saturated heterocycles. The molecule has 1 aliphatic carbocycles. The van der Waals surface area contributed by atoms with Crippen LogP contribution in [0.3, 0.4) is 0 Å². The van der Waals surface area contributed by atoms with Crippen LogP contribution in [0.25, 0.3) is 0 Å². The number of nitrogens with zero attached hydrogens (tertiary/aromatic N) is 3. The third-order valence-corrected chi connectivity index (χ3v) is 3.79. The first kappa shape index (κ1) is 14.5. The lowest BCUT2D eigenvalue weighted by Crippen LogP contribution is -2.22. The van der Waals surface area contributed by atoms with E-state index in [9.17, 15) is 23.7 Å². The highest BCUT2D eigenvalue weighted by molar-refractivity contribution is 5.78. The molecule has 8 heteroatoms. The highest BCUT2D eigenvalue weighted by Gasteiger charge is 2.31. The van der Waals surface area contributed by atoms with Crippen molar-refractivity contribution >= 4 is 11.5 Å².